The molecular formula is C37H56O. The van der Waals surface area contributed by atoms with Crippen LogP contribution in [0.25, 0.3) is 11.1 Å². The quantitative estimate of drug-likeness (QED) is 0.214. The Hall–Kier alpha value is -1.76. The molecule has 2 saturated carbocycles. The third kappa shape index (κ3) is 9.77. The Balaban J connectivity index is 1.11. The van der Waals surface area contributed by atoms with E-state index >= 15 is 0 Å². The molecule has 0 saturated heterocycles. The van der Waals surface area contributed by atoms with Gasteiger partial charge < -0.3 is 4.74 Å². The Labute approximate surface area is 235 Å². The lowest BCUT2D eigenvalue weighted by Gasteiger charge is -2.28. The molecule has 0 amide bonds. The highest BCUT2D eigenvalue weighted by molar-refractivity contribution is 5.64. The average Bonchev–Trinajstić information content (AvgIpc) is 2.97. The van der Waals surface area contributed by atoms with Crippen molar-refractivity contribution in [2.75, 3.05) is 6.61 Å². The Morgan fingerprint density at radius 2 is 1.03 bits per heavy atom. The molecule has 4 rings (SSSR count). The van der Waals surface area contributed by atoms with E-state index < -0.39 is 0 Å². The van der Waals surface area contributed by atoms with Crippen LogP contribution >= 0.6 is 0 Å². The zero-order chi connectivity index (χ0) is 26.4. The normalized spacial score (nSPS) is 23.8. The lowest BCUT2D eigenvalue weighted by molar-refractivity contribution is 0.228. The summed E-state index contributed by atoms with van der Waals surface area (Å²) in [5.41, 5.74) is 4.09. The Kier molecular flexibility index (Phi) is 12.6. The smallest absolute Gasteiger partial charge is 0.119 e. The third-order valence-corrected chi connectivity index (χ3v) is 9.85. The molecule has 0 aromatic heterocycles. The van der Waals surface area contributed by atoms with Crippen LogP contribution in [0.1, 0.15) is 129 Å². The van der Waals surface area contributed by atoms with Crippen molar-refractivity contribution in [2.24, 2.45) is 23.7 Å². The molecule has 2 fully saturated rings. The number of rotatable bonds is 15. The number of unbranched alkanes of at least 4 members (excludes halogenated alkanes) is 2. The van der Waals surface area contributed by atoms with Crippen LogP contribution < -0.4 is 4.74 Å². The van der Waals surface area contributed by atoms with Crippen LogP contribution in [0.15, 0.2) is 48.5 Å². The number of hydrogen-bond donors (Lipinski definition) is 0. The summed E-state index contributed by atoms with van der Waals surface area (Å²) in [6, 6.07) is 18.1. The van der Waals surface area contributed by atoms with Gasteiger partial charge in [-0.3, -0.25) is 0 Å². The predicted molar refractivity (Wildman–Crippen MR) is 165 cm³/mol. The van der Waals surface area contributed by atoms with Gasteiger partial charge in [-0.15, -0.1) is 0 Å². The highest BCUT2D eigenvalue weighted by Gasteiger charge is 2.21. The maximum Gasteiger partial charge on any atom is 0.119 e. The standard InChI is InChI=1S/C37H56O/c1-3-5-6-9-31-13-15-32(16-14-31)10-7-29-38-37-27-25-36(26-28-37)35-23-21-34(22-24-35)20-19-33-17-11-30(8-4-2)12-18-33/h21-28,30-33H,3-20,29H2,1-2H3. The molecule has 2 aliphatic rings. The van der Waals surface area contributed by atoms with Crippen molar-refractivity contribution in [3.05, 3.63) is 54.1 Å². The van der Waals surface area contributed by atoms with E-state index in [0.29, 0.717) is 0 Å². The van der Waals surface area contributed by atoms with Crippen LogP contribution in [0, 0.1) is 23.7 Å². The number of ether oxygens (including phenoxy) is 1. The van der Waals surface area contributed by atoms with Crippen LogP contribution in [0.3, 0.4) is 0 Å². The predicted octanol–water partition coefficient (Wildman–Crippen LogP) is 11.4. The molecule has 0 atom stereocenters. The SMILES string of the molecule is CCCCCC1CCC(CCCOc2ccc(-c3ccc(CCC4CCC(CCC)CC4)cc3)cc2)CC1. The third-order valence-electron chi connectivity index (χ3n) is 9.85. The molecule has 0 N–H and O–H groups in total. The zero-order valence-corrected chi connectivity index (χ0v) is 24.8. The minimum atomic E-state index is 0.852. The van der Waals surface area contributed by atoms with Crippen LogP contribution in [0.5, 0.6) is 5.75 Å². The molecule has 0 unspecified atom stereocenters. The van der Waals surface area contributed by atoms with Gasteiger partial charge in [-0.25, -0.2) is 0 Å². The molecule has 2 aromatic rings. The summed E-state index contributed by atoms with van der Waals surface area (Å²) in [4.78, 5) is 0. The molecule has 1 nitrogen and oxygen atoms in total. The van der Waals surface area contributed by atoms with Gasteiger partial charge in [0.25, 0.3) is 0 Å². The molecule has 0 aliphatic heterocycles. The topological polar surface area (TPSA) is 9.23 Å². The van der Waals surface area contributed by atoms with Crippen molar-refractivity contribution in [3.63, 3.8) is 0 Å². The second kappa shape index (κ2) is 16.4. The maximum absolute atomic E-state index is 6.10. The Morgan fingerprint density at radius 3 is 1.58 bits per heavy atom. The van der Waals surface area contributed by atoms with Crippen LogP contribution in [-0.4, -0.2) is 6.61 Å². The largest absolute Gasteiger partial charge is 0.494 e. The van der Waals surface area contributed by atoms with Gasteiger partial charge in [-0.05, 0) is 78.2 Å². The molecule has 0 spiro atoms. The summed E-state index contributed by atoms with van der Waals surface area (Å²) < 4.78 is 6.10. The zero-order valence-electron chi connectivity index (χ0n) is 24.8. The lowest BCUT2D eigenvalue weighted by atomic mass is 9.78. The van der Waals surface area contributed by atoms with Gasteiger partial charge in [-0.2, -0.15) is 0 Å². The van der Waals surface area contributed by atoms with Gasteiger partial charge in [-0.1, -0.05) is 140 Å². The van der Waals surface area contributed by atoms with Gasteiger partial charge in [0.05, 0.1) is 6.61 Å². The van der Waals surface area contributed by atoms with Crippen molar-refractivity contribution in [2.45, 2.75) is 129 Å². The second-order valence-electron chi connectivity index (χ2n) is 12.8. The first kappa shape index (κ1) is 29.2. The minimum absolute atomic E-state index is 0.852. The maximum atomic E-state index is 6.10. The highest BCUT2D eigenvalue weighted by atomic mass is 16.5. The summed E-state index contributed by atoms with van der Waals surface area (Å²) in [6.07, 6.45) is 25.3. The van der Waals surface area contributed by atoms with Crippen molar-refractivity contribution < 1.29 is 4.74 Å². The fourth-order valence-corrected chi connectivity index (χ4v) is 7.25. The molecule has 2 aliphatic carbocycles. The summed E-state index contributed by atoms with van der Waals surface area (Å²) in [5.74, 6) is 4.93. The number of aryl methyl sites for hydroxylation is 1. The van der Waals surface area contributed by atoms with Crippen LogP contribution in [0.2, 0.25) is 0 Å². The summed E-state index contributed by atoms with van der Waals surface area (Å²) in [7, 11) is 0. The monoisotopic (exact) mass is 516 g/mol. The van der Waals surface area contributed by atoms with E-state index in [1.807, 2.05) is 0 Å². The lowest BCUT2D eigenvalue weighted by Crippen LogP contribution is -2.15. The molecule has 210 valence electrons. The van der Waals surface area contributed by atoms with Crippen molar-refractivity contribution in [3.8, 4) is 16.9 Å². The van der Waals surface area contributed by atoms with Gasteiger partial charge in [0.2, 0.25) is 0 Å². The van der Waals surface area contributed by atoms with E-state index in [1.165, 1.54) is 132 Å². The van der Waals surface area contributed by atoms with Gasteiger partial charge >= 0.3 is 0 Å². The summed E-state index contributed by atoms with van der Waals surface area (Å²) in [5, 5.41) is 0. The van der Waals surface area contributed by atoms with Gasteiger partial charge in [0.15, 0.2) is 0 Å². The molecule has 38 heavy (non-hydrogen) atoms. The molecule has 0 bridgehead atoms. The molecule has 2 aromatic carbocycles. The Morgan fingerprint density at radius 1 is 0.526 bits per heavy atom. The number of benzene rings is 2. The minimum Gasteiger partial charge on any atom is -0.494 e. The van der Waals surface area contributed by atoms with Crippen molar-refractivity contribution in [1.29, 1.82) is 0 Å². The van der Waals surface area contributed by atoms with E-state index in [9.17, 15) is 0 Å². The van der Waals surface area contributed by atoms with Crippen LogP contribution in [0.4, 0.5) is 0 Å². The first-order valence-corrected chi connectivity index (χ1v) is 16.6. The van der Waals surface area contributed by atoms with E-state index in [0.717, 1.165) is 36.0 Å². The van der Waals surface area contributed by atoms with Crippen molar-refractivity contribution in [1.82, 2.24) is 0 Å². The molecule has 0 heterocycles. The van der Waals surface area contributed by atoms with E-state index in [-0.39, 0.29) is 0 Å². The van der Waals surface area contributed by atoms with Gasteiger partial charge in [0, 0.05) is 0 Å². The van der Waals surface area contributed by atoms with E-state index in [2.05, 4.69) is 62.4 Å². The second-order valence-corrected chi connectivity index (χ2v) is 12.8. The van der Waals surface area contributed by atoms with Gasteiger partial charge in [0.1, 0.15) is 5.75 Å². The molecule has 0 radical (unpaired) electrons. The first-order valence-electron chi connectivity index (χ1n) is 16.6. The van der Waals surface area contributed by atoms with Crippen LogP contribution in [-0.2, 0) is 6.42 Å². The fraction of sp³-hybridized carbons (Fsp3) is 0.676. The van der Waals surface area contributed by atoms with E-state index in [4.69, 9.17) is 4.74 Å². The first-order chi connectivity index (χ1) is 18.7. The molecular weight excluding hydrogens is 460 g/mol. The molecule has 1 heteroatoms. The Bertz CT molecular complexity index is 866. The summed E-state index contributed by atoms with van der Waals surface area (Å²) in [6.45, 7) is 5.50. The average molecular weight is 517 g/mol. The fourth-order valence-electron chi connectivity index (χ4n) is 7.25. The van der Waals surface area contributed by atoms with Crippen molar-refractivity contribution >= 4 is 0 Å². The number of hydrogen-bond acceptors (Lipinski definition) is 1. The summed E-state index contributed by atoms with van der Waals surface area (Å²) >= 11 is 0. The highest BCUT2D eigenvalue weighted by Crippen LogP contribution is 2.35. The van der Waals surface area contributed by atoms with E-state index in [1.54, 1.807) is 0 Å².